The molecular weight excluding hydrogens is 114 g/mol. The zero-order valence-electron chi connectivity index (χ0n) is 3.47. The average molecular weight is 119 g/mol. The summed E-state index contributed by atoms with van der Waals surface area (Å²) in [7, 11) is 0. The number of nitrogens with two attached hydrogens (primary N) is 2. The highest BCUT2D eigenvalue weighted by molar-refractivity contribution is 7.78. The fourth-order valence-corrected chi connectivity index (χ4v) is 0. The summed E-state index contributed by atoms with van der Waals surface area (Å²) in [5.74, 6) is 0. The molecule has 0 aromatic heterocycles. The maximum atomic E-state index is 9.00. The number of hydrogen-bond donors (Lipinski definition) is 3. The Morgan fingerprint density at radius 3 is 1.71 bits per heavy atom. The van der Waals surface area contributed by atoms with Crippen molar-refractivity contribution in [2.75, 3.05) is 0 Å². The molecule has 0 aliphatic carbocycles. The third-order valence-electron chi connectivity index (χ3n) is 0. The van der Waals surface area contributed by atoms with Crippen LogP contribution in [-0.2, 0) is 0 Å². The highest BCUT2D eigenvalue weighted by atomic mass is 32.1. The lowest BCUT2D eigenvalue weighted by Crippen LogP contribution is -2.18. The van der Waals surface area contributed by atoms with Crippen LogP contribution >= 0.6 is 12.2 Å². The number of nitrogens with one attached hydrogen (secondary N) is 1. The summed E-state index contributed by atoms with van der Waals surface area (Å²) >= 11 is 3.81. The van der Waals surface area contributed by atoms with Gasteiger partial charge in [-0.3, -0.25) is 0 Å². The van der Waals surface area contributed by atoms with Crippen LogP contribution in [0.15, 0.2) is 0 Å². The topological polar surface area (TPSA) is 93.0 Å². The van der Waals surface area contributed by atoms with Gasteiger partial charge in [-0.25, -0.2) is 10.2 Å². The van der Waals surface area contributed by atoms with Gasteiger partial charge in [-0.05, 0) is 12.2 Å². The first-order valence-electron chi connectivity index (χ1n) is 1.24. The molecule has 7 heavy (non-hydrogen) atoms. The molecule has 0 radical (unpaired) electrons. The Morgan fingerprint density at radius 1 is 1.71 bits per heavy atom. The van der Waals surface area contributed by atoms with Gasteiger partial charge in [0.15, 0.2) is 0 Å². The summed E-state index contributed by atoms with van der Waals surface area (Å²) in [5.41, 5.74) is 8.50. The van der Waals surface area contributed by atoms with E-state index >= 15 is 0 Å². The first kappa shape index (κ1) is 9.42. The highest BCUT2D eigenvalue weighted by Crippen LogP contribution is 1.25. The van der Waals surface area contributed by atoms with Crippen LogP contribution in [0.4, 0.5) is 4.79 Å². The van der Waals surface area contributed by atoms with E-state index < -0.39 is 6.03 Å². The number of primary amides is 2. The Kier molecular flexibility index (Phi) is 12.0. The van der Waals surface area contributed by atoms with Crippen molar-refractivity contribution in [1.29, 1.82) is 5.41 Å². The SMILES string of the molecule is N=C=S.NC(N)=O. The van der Waals surface area contributed by atoms with E-state index in [0.29, 0.717) is 0 Å². The maximum Gasteiger partial charge on any atom is 0.309 e. The molecule has 0 spiro atoms. The van der Waals surface area contributed by atoms with Gasteiger partial charge in [0.05, 0.1) is 5.16 Å². The Hall–Kier alpha value is -0.930. The summed E-state index contributed by atoms with van der Waals surface area (Å²) in [6, 6.07) is -0.833. The number of urea groups is 1. The molecule has 0 aliphatic rings. The van der Waals surface area contributed by atoms with Crippen LogP contribution in [0.5, 0.6) is 0 Å². The molecule has 0 unspecified atom stereocenters. The smallest absolute Gasteiger partial charge is 0.309 e. The minimum absolute atomic E-state index is 0.833. The molecule has 0 saturated carbocycles. The fourth-order valence-electron chi connectivity index (χ4n) is 0. The Bertz CT molecular complexity index is 80.9. The van der Waals surface area contributed by atoms with Gasteiger partial charge in [-0.1, -0.05) is 0 Å². The Labute approximate surface area is 46.0 Å². The van der Waals surface area contributed by atoms with Crippen molar-refractivity contribution in [3.05, 3.63) is 0 Å². The van der Waals surface area contributed by atoms with Crippen molar-refractivity contribution >= 4 is 23.4 Å². The van der Waals surface area contributed by atoms with Crippen molar-refractivity contribution in [2.45, 2.75) is 0 Å². The van der Waals surface area contributed by atoms with E-state index in [4.69, 9.17) is 10.2 Å². The molecule has 0 saturated heterocycles. The second kappa shape index (κ2) is 8.91. The summed E-state index contributed by atoms with van der Waals surface area (Å²) in [4.78, 5) is 9.00. The van der Waals surface area contributed by atoms with E-state index in [9.17, 15) is 0 Å². The molecule has 4 nitrogen and oxygen atoms in total. The minimum atomic E-state index is -0.833. The number of carbonyl (C=O) groups excluding carboxylic acids is 1. The Balaban J connectivity index is 0. The van der Waals surface area contributed by atoms with Crippen molar-refractivity contribution in [2.24, 2.45) is 11.5 Å². The van der Waals surface area contributed by atoms with E-state index in [0.717, 1.165) is 0 Å². The normalized spacial score (nSPS) is 4.57. The van der Waals surface area contributed by atoms with Crippen LogP contribution in [-0.4, -0.2) is 11.2 Å². The molecule has 5 heteroatoms. The standard InChI is InChI=1S/CH4N2O.CHNS/c2-1(3)4;2-1-3/h(H4,2,3,4);2H. The molecule has 40 valence electrons. The van der Waals surface area contributed by atoms with E-state index in [1.54, 1.807) is 5.16 Å². The zero-order valence-corrected chi connectivity index (χ0v) is 4.29. The van der Waals surface area contributed by atoms with Crippen LogP contribution < -0.4 is 11.5 Å². The number of carbonyl (C=O) groups is 1. The lowest BCUT2D eigenvalue weighted by atomic mass is 11.2. The quantitative estimate of drug-likeness (QED) is 0.301. The lowest BCUT2D eigenvalue weighted by Gasteiger charge is -1.62. The fraction of sp³-hybridized carbons (Fsp3) is 0. The molecule has 0 heterocycles. The van der Waals surface area contributed by atoms with Gasteiger partial charge in [0.2, 0.25) is 0 Å². The largest absolute Gasteiger partial charge is 0.352 e. The summed E-state index contributed by atoms with van der Waals surface area (Å²) in [5, 5.41) is 7.36. The zero-order chi connectivity index (χ0) is 6.28. The molecule has 0 rings (SSSR count). The highest BCUT2D eigenvalue weighted by Gasteiger charge is 1.60. The molecular formula is C2H5N3OS. The van der Waals surface area contributed by atoms with Crippen molar-refractivity contribution < 1.29 is 4.79 Å². The first-order chi connectivity index (χ1) is 3.15. The van der Waals surface area contributed by atoms with Crippen LogP contribution in [0.2, 0.25) is 0 Å². The predicted molar refractivity (Wildman–Crippen MR) is 29.1 cm³/mol. The van der Waals surface area contributed by atoms with Crippen LogP contribution in [0.3, 0.4) is 0 Å². The van der Waals surface area contributed by atoms with Gasteiger partial charge >= 0.3 is 6.03 Å². The molecule has 0 aliphatic heterocycles. The number of rotatable bonds is 0. The van der Waals surface area contributed by atoms with E-state index in [1.807, 2.05) is 0 Å². The second-order valence-electron chi connectivity index (χ2n) is 0.504. The van der Waals surface area contributed by atoms with Crippen molar-refractivity contribution in [3.63, 3.8) is 0 Å². The lowest BCUT2D eigenvalue weighted by molar-refractivity contribution is 0.256. The third-order valence-corrected chi connectivity index (χ3v) is 0. The molecule has 0 aromatic carbocycles. The molecule has 0 fully saturated rings. The Morgan fingerprint density at radius 2 is 1.71 bits per heavy atom. The van der Waals surface area contributed by atoms with Crippen LogP contribution in [0, 0.1) is 5.41 Å². The first-order valence-corrected chi connectivity index (χ1v) is 1.64. The number of thiocarbonyl (C=S) groups is 1. The second-order valence-corrected chi connectivity index (χ2v) is 0.709. The molecule has 0 aromatic rings. The van der Waals surface area contributed by atoms with Gasteiger partial charge in [0.25, 0.3) is 0 Å². The van der Waals surface area contributed by atoms with E-state index in [1.165, 1.54) is 0 Å². The molecule has 0 bridgehead atoms. The van der Waals surface area contributed by atoms with Gasteiger partial charge in [0, 0.05) is 0 Å². The van der Waals surface area contributed by atoms with Crippen molar-refractivity contribution in [3.8, 4) is 0 Å². The van der Waals surface area contributed by atoms with Crippen LogP contribution in [0.25, 0.3) is 0 Å². The molecule has 0 atom stereocenters. The third kappa shape index (κ3) is 55.2. The monoisotopic (exact) mass is 119 g/mol. The summed E-state index contributed by atoms with van der Waals surface area (Å²) in [6.07, 6.45) is 0. The average Bonchev–Trinajstić information content (AvgIpc) is 1.33. The number of hydrogen-bond acceptors (Lipinski definition) is 3. The van der Waals surface area contributed by atoms with E-state index in [-0.39, 0.29) is 0 Å². The minimum Gasteiger partial charge on any atom is -0.352 e. The van der Waals surface area contributed by atoms with Crippen molar-refractivity contribution in [1.82, 2.24) is 0 Å². The number of amides is 2. The van der Waals surface area contributed by atoms with Gasteiger partial charge in [-0.2, -0.15) is 0 Å². The van der Waals surface area contributed by atoms with Gasteiger partial charge in [0.1, 0.15) is 0 Å². The predicted octanol–water partition coefficient (Wildman–Crippen LogP) is -0.308. The molecule has 2 amide bonds. The summed E-state index contributed by atoms with van der Waals surface area (Å²) < 4.78 is 0. The van der Waals surface area contributed by atoms with Gasteiger partial charge in [-0.15, -0.1) is 0 Å². The molecule has 5 N–H and O–H groups in total. The summed E-state index contributed by atoms with van der Waals surface area (Å²) in [6.45, 7) is 0. The van der Waals surface area contributed by atoms with Crippen LogP contribution in [0.1, 0.15) is 0 Å². The maximum absolute atomic E-state index is 9.00. The number of isothiocyanates is 1. The van der Waals surface area contributed by atoms with Gasteiger partial charge < -0.3 is 11.5 Å². The van der Waals surface area contributed by atoms with E-state index in [2.05, 4.69) is 23.7 Å².